The molecule has 0 aliphatic carbocycles. The van der Waals surface area contributed by atoms with Gasteiger partial charge in [0.2, 0.25) is 10.0 Å². The highest BCUT2D eigenvalue weighted by atomic mass is 32.2. The van der Waals surface area contributed by atoms with Gasteiger partial charge in [-0.25, -0.2) is 12.8 Å². The first-order valence-corrected chi connectivity index (χ1v) is 10.2. The molecule has 0 atom stereocenters. The van der Waals surface area contributed by atoms with Crippen LogP contribution in [0.1, 0.15) is 34.6 Å². The van der Waals surface area contributed by atoms with E-state index >= 15 is 0 Å². The zero-order chi connectivity index (χ0) is 22.5. The fourth-order valence-corrected chi connectivity index (χ4v) is 4.11. The van der Waals surface area contributed by atoms with Gasteiger partial charge >= 0.3 is 0 Å². The van der Waals surface area contributed by atoms with E-state index < -0.39 is 37.5 Å². The zero-order valence-electron chi connectivity index (χ0n) is 16.1. The highest BCUT2D eigenvalue weighted by Gasteiger charge is 2.26. The molecular weight excluding hydrogens is 419 g/mol. The van der Waals surface area contributed by atoms with Crippen molar-refractivity contribution >= 4 is 27.5 Å². The van der Waals surface area contributed by atoms with Gasteiger partial charge in [-0.15, -0.1) is 0 Å². The number of hydrogen-bond acceptors (Lipinski definition) is 6. The number of benzene rings is 2. The maximum Gasteiger partial charge on any atom is 0.270 e. The standard InChI is InChI=1S/C18H19FN4O6S/c1-3-22(4-2)30(28,29)16-11-13(8-9-15(16)19)18(25)21-20-17(24)12-6-5-7-14(10-12)23(26)27/h5-11H,3-4H2,1-2H3,(H,20,24)(H,21,25). The number of halogens is 1. The molecule has 0 heterocycles. The fraction of sp³-hybridized carbons (Fsp3) is 0.222. The fourth-order valence-electron chi connectivity index (χ4n) is 2.56. The van der Waals surface area contributed by atoms with Crippen molar-refractivity contribution in [1.82, 2.24) is 15.2 Å². The number of hydrogen-bond donors (Lipinski definition) is 2. The molecule has 0 aromatic heterocycles. The molecule has 0 saturated carbocycles. The molecule has 2 rings (SSSR count). The molecule has 0 aliphatic rings. The van der Waals surface area contributed by atoms with Gasteiger partial charge in [0.1, 0.15) is 10.7 Å². The van der Waals surface area contributed by atoms with Crippen molar-refractivity contribution in [2.75, 3.05) is 13.1 Å². The number of carbonyl (C=O) groups is 2. The minimum absolute atomic E-state index is 0.0755. The summed E-state index contributed by atoms with van der Waals surface area (Å²) in [6.07, 6.45) is 0. The lowest BCUT2D eigenvalue weighted by Gasteiger charge is -2.19. The third kappa shape index (κ3) is 4.96. The van der Waals surface area contributed by atoms with Gasteiger partial charge in [-0.1, -0.05) is 19.9 Å². The van der Waals surface area contributed by atoms with Crippen molar-refractivity contribution in [2.45, 2.75) is 18.7 Å². The molecule has 2 aromatic rings. The summed E-state index contributed by atoms with van der Waals surface area (Å²) < 4.78 is 40.3. The van der Waals surface area contributed by atoms with Crippen molar-refractivity contribution < 1.29 is 27.3 Å². The average molecular weight is 438 g/mol. The van der Waals surface area contributed by atoms with Gasteiger partial charge in [0.25, 0.3) is 17.5 Å². The van der Waals surface area contributed by atoms with Crippen LogP contribution in [0.15, 0.2) is 47.4 Å². The second-order valence-corrected chi connectivity index (χ2v) is 7.86. The Labute approximate surface area is 171 Å². The average Bonchev–Trinajstić information content (AvgIpc) is 2.72. The maximum atomic E-state index is 14.1. The molecule has 160 valence electrons. The van der Waals surface area contributed by atoms with Gasteiger partial charge in [0.05, 0.1) is 4.92 Å². The molecule has 0 fully saturated rings. The minimum Gasteiger partial charge on any atom is -0.267 e. The topological polar surface area (TPSA) is 139 Å². The molecule has 0 spiro atoms. The third-order valence-corrected chi connectivity index (χ3v) is 6.19. The largest absolute Gasteiger partial charge is 0.270 e. The summed E-state index contributed by atoms with van der Waals surface area (Å²) in [5.74, 6) is -2.74. The van der Waals surface area contributed by atoms with Crippen LogP contribution in [0.25, 0.3) is 0 Å². The second kappa shape index (κ2) is 9.41. The van der Waals surface area contributed by atoms with Crippen molar-refractivity contribution in [1.29, 1.82) is 0 Å². The van der Waals surface area contributed by atoms with Crippen molar-refractivity contribution in [3.8, 4) is 0 Å². The van der Waals surface area contributed by atoms with E-state index in [4.69, 9.17) is 0 Å². The Morgan fingerprint density at radius 1 is 1.03 bits per heavy atom. The predicted octanol–water partition coefficient (Wildman–Crippen LogP) is 1.84. The van der Waals surface area contributed by atoms with Crippen LogP contribution in [0, 0.1) is 15.9 Å². The molecule has 12 heteroatoms. The number of nitrogens with one attached hydrogen (secondary N) is 2. The lowest BCUT2D eigenvalue weighted by molar-refractivity contribution is -0.384. The van der Waals surface area contributed by atoms with E-state index in [9.17, 15) is 32.5 Å². The van der Waals surface area contributed by atoms with Crippen molar-refractivity contribution in [2.24, 2.45) is 0 Å². The third-order valence-electron chi connectivity index (χ3n) is 4.13. The van der Waals surface area contributed by atoms with Gasteiger partial charge < -0.3 is 0 Å². The molecule has 0 aliphatic heterocycles. The summed E-state index contributed by atoms with van der Waals surface area (Å²) >= 11 is 0. The number of carbonyl (C=O) groups excluding carboxylic acids is 2. The molecule has 0 saturated heterocycles. The Bertz CT molecular complexity index is 1090. The van der Waals surface area contributed by atoms with E-state index in [2.05, 4.69) is 10.9 Å². The van der Waals surface area contributed by atoms with Crippen LogP contribution < -0.4 is 10.9 Å². The molecular formula is C18H19FN4O6S. The van der Waals surface area contributed by atoms with Gasteiger partial charge in [0, 0.05) is 36.3 Å². The van der Waals surface area contributed by atoms with Crippen molar-refractivity contribution in [3.05, 3.63) is 69.5 Å². The number of sulfonamides is 1. The van der Waals surface area contributed by atoms with E-state index in [0.717, 1.165) is 28.6 Å². The summed E-state index contributed by atoms with van der Waals surface area (Å²) in [6.45, 7) is 3.43. The van der Waals surface area contributed by atoms with Crippen LogP contribution >= 0.6 is 0 Å². The first-order valence-electron chi connectivity index (χ1n) is 8.76. The number of nitrogens with zero attached hydrogens (tertiary/aromatic N) is 2. The van der Waals surface area contributed by atoms with E-state index in [-0.39, 0.29) is 29.9 Å². The first kappa shape index (κ1) is 22.9. The summed E-state index contributed by atoms with van der Waals surface area (Å²) in [6, 6.07) is 7.61. The summed E-state index contributed by atoms with van der Waals surface area (Å²) in [5, 5.41) is 10.8. The highest BCUT2D eigenvalue weighted by Crippen LogP contribution is 2.21. The Morgan fingerprint density at radius 3 is 2.13 bits per heavy atom. The molecule has 2 amide bonds. The quantitative estimate of drug-likeness (QED) is 0.500. The molecule has 2 aromatic carbocycles. The van der Waals surface area contributed by atoms with Crippen LogP contribution in [0.5, 0.6) is 0 Å². The molecule has 2 N–H and O–H groups in total. The van der Waals surface area contributed by atoms with E-state index in [1.165, 1.54) is 18.2 Å². The van der Waals surface area contributed by atoms with Gasteiger partial charge in [0.15, 0.2) is 0 Å². The SMILES string of the molecule is CCN(CC)S(=O)(=O)c1cc(C(=O)NNC(=O)c2cccc([N+](=O)[O-])c2)ccc1F. The predicted molar refractivity (Wildman–Crippen MR) is 105 cm³/mol. The smallest absolute Gasteiger partial charge is 0.267 e. The van der Waals surface area contributed by atoms with E-state index in [1.54, 1.807) is 13.8 Å². The van der Waals surface area contributed by atoms with Gasteiger partial charge in [-0.05, 0) is 24.3 Å². The van der Waals surface area contributed by atoms with E-state index in [0.29, 0.717) is 0 Å². The normalized spacial score (nSPS) is 11.2. The number of nitro benzene ring substituents is 1. The summed E-state index contributed by atoms with van der Waals surface area (Å²) in [7, 11) is -4.15. The van der Waals surface area contributed by atoms with Gasteiger partial charge in [-0.3, -0.25) is 30.6 Å². The summed E-state index contributed by atoms with van der Waals surface area (Å²) in [5.41, 5.74) is 3.54. The number of nitro groups is 1. The Morgan fingerprint density at radius 2 is 1.60 bits per heavy atom. The maximum absolute atomic E-state index is 14.1. The monoisotopic (exact) mass is 438 g/mol. The number of hydrazine groups is 1. The van der Waals surface area contributed by atoms with Crippen LogP contribution in [-0.2, 0) is 10.0 Å². The summed E-state index contributed by atoms with van der Waals surface area (Å²) in [4.78, 5) is 33.8. The first-order chi connectivity index (χ1) is 14.1. The lowest BCUT2D eigenvalue weighted by atomic mass is 10.2. The Kier molecular flexibility index (Phi) is 7.19. The Hall–Kier alpha value is -3.38. The van der Waals surface area contributed by atoms with Crippen LogP contribution in [0.2, 0.25) is 0 Å². The van der Waals surface area contributed by atoms with Gasteiger partial charge in [-0.2, -0.15) is 4.31 Å². The van der Waals surface area contributed by atoms with Crippen molar-refractivity contribution in [3.63, 3.8) is 0 Å². The number of rotatable bonds is 7. The van der Waals surface area contributed by atoms with Crippen LogP contribution in [0.3, 0.4) is 0 Å². The van der Waals surface area contributed by atoms with Crippen LogP contribution in [0.4, 0.5) is 10.1 Å². The number of amides is 2. The zero-order valence-corrected chi connectivity index (χ0v) is 16.9. The molecule has 0 bridgehead atoms. The highest BCUT2D eigenvalue weighted by molar-refractivity contribution is 7.89. The minimum atomic E-state index is -4.15. The second-order valence-electron chi connectivity index (χ2n) is 5.95. The van der Waals surface area contributed by atoms with Crippen LogP contribution in [-0.4, -0.2) is 42.6 Å². The number of non-ortho nitro benzene ring substituents is 1. The molecule has 30 heavy (non-hydrogen) atoms. The molecule has 10 nitrogen and oxygen atoms in total. The lowest BCUT2D eigenvalue weighted by Crippen LogP contribution is -2.41. The molecule has 0 unspecified atom stereocenters. The molecule has 0 radical (unpaired) electrons. The van der Waals surface area contributed by atoms with E-state index in [1.807, 2.05) is 0 Å². The Balaban J connectivity index is 2.19.